The number of halogens is 1. The summed E-state index contributed by atoms with van der Waals surface area (Å²) < 4.78 is 0.850. The molecule has 0 aliphatic rings. The number of amides is 1. The SMILES string of the molecule is Cc1c(Br)cccc1C(=O)c1cnc(C(=O)NN)nc1. The lowest BCUT2D eigenvalue weighted by molar-refractivity contribution is 0.0941. The van der Waals surface area contributed by atoms with Gasteiger partial charge in [0.05, 0.1) is 5.56 Å². The second kappa shape index (κ2) is 5.89. The summed E-state index contributed by atoms with van der Waals surface area (Å²) in [5, 5.41) is 0. The van der Waals surface area contributed by atoms with Crippen LogP contribution >= 0.6 is 15.9 Å². The molecular formula is C13H11BrN4O2. The largest absolute Gasteiger partial charge is 0.302 e. The predicted octanol–water partition coefficient (Wildman–Crippen LogP) is 1.38. The number of carbonyl (C=O) groups is 2. The van der Waals surface area contributed by atoms with E-state index in [1.54, 1.807) is 12.1 Å². The second-order valence-corrected chi connectivity index (χ2v) is 4.86. The van der Waals surface area contributed by atoms with E-state index in [4.69, 9.17) is 5.84 Å². The van der Waals surface area contributed by atoms with Crippen molar-refractivity contribution in [1.29, 1.82) is 0 Å². The number of carbonyl (C=O) groups excluding carboxylic acids is 2. The summed E-state index contributed by atoms with van der Waals surface area (Å²) in [4.78, 5) is 31.2. The maximum atomic E-state index is 12.3. The summed E-state index contributed by atoms with van der Waals surface area (Å²) in [5.41, 5.74) is 3.62. The van der Waals surface area contributed by atoms with Crippen molar-refractivity contribution in [2.45, 2.75) is 6.92 Å². The number of rotatable bonds is 3. The number of hydrogen-bond acceptors (Lipinski definition) is 5. The minimum Gasteiger partial charge on any atom is -0.288 e. The molecule has 0 aliphatic carbocycles. The first-order valence-corrected chi connectivity index (χ1v) is 6.46. The molecule has 0 saturated carbocycles. The molecule has 1 heterocycles. The van der Waals surface area contributed by atoms with Crippen LogP contribution in [0.25, 0.3) is 0 Å². The number of aromatic nitrogens is 2. The van der Waals surface area contributed by atoms with Crippen molar-refractivity contribution < 1.29 is 9.59 Å². The highest BCUT2D eigenvalue weighted by atomic mass is 79.9. The fraction of sp³-hybridized carbons (Fsp3) is 0.0769. The van der Waals surface area contributed by atoms with Gasteiger partial charge < -0.3 is 0 Å². The zero-order valence-electron chi connectivity index (χ0n) is 10.6. The molecule has 6 nitrogen and oxygen atoms in total. The third-order valence-electron chi connectivity index (χ3n) is 2.76. The van der Waals surface area contributed by atoms with Crippen molar-refractivity contribution in [3.63, 3.8) is 0 Å². The van der Waals surface area contributed by atoms with E-state index in [0.717, 1.165) is 10.0 Å². The summed E-state index contributed by atoms with van der Waals surface area (Å²) in [6.07, 6.45) is 2.61. The Labute approximate surface area is 123 Å². The monoisotopic (exact) mass is 334 g/mol. The Balaban J connectivity index is 2.34. The van der Waals surface area contributed by atoms with E-state index in [1.807, 2.05) is 18.4 Å². The average Bonchev–Trinajstić information content (AvgIpc) is 2.48. The van der Waals surface area contributed by atoms with E-state index in [0.29, 0.717) is 11.1 Å². The maximum absolute atomic E-state index is 12.3. The zero-order chi connectivity index (χ0) is 14.7. The Morgan fingerprint density at radius 2 is 1.90 bits per heavy atom. The quantitative estimate of drug-likeness (QED) is 0.382. The van der Waals surface area contributed by atoms with Gasteiger partial charge in [-0.1, -0.05) is 28.1 Å². The van der Waals surface area contributed by atoms with Crippen molar-refractivity contribution in [1.82, 2.24) is 15.4 Å². The first-order chi connectivity index (χ1) is 9.54. The van der Waals surface area contributed by atoms with Gasteiger partial charge in [-0.3, -0.25) is 15.0 Å². The van der Waals surface area contributed by atoms with Crippen LogP contribution in [-0.4, -0.2) is 21.7 Å². The molecule has 1 aromatic carbocycles. The molecule has 20 heavy (non-hydrogen) atoms. The van der Waals surface area contributed by atoms with Gasteiger partial charge in [-0.15, -0.1) is 0 Å². The standard InChI is InChI=1S/C13H11BrN4O2/c1-7-9(3-2-4-10(7)14)11(19)8-5-16-12(17-6-8)13(20)18-15/h2-6H,15H2,1H3,(H,18,20). The highest BCUT2D eigenvalue weighted by molar-refractivity contribution is 9.10. The lowest BCUT2D eigenvalue weighted by atomic mass is 10.0. The van der Waals surface area contributed by atoms with Gasteiger partial charge in [0.15, 0.2) is 5.78 Å². The number of hydrazine groups is 1. The lowest BCUT2D eigenvalue weighted by Crippen LogP contribution is -2.31. The average molecular weight is 335 g/mol. The number of ketones is 1. The third kappa shape index (κ3) is 2.73. The fourth-order valence-electron chi connectivity index (χ4n) is 1.64. The molecule has 0 saturated heterocycles. The van der Waals surface area contributed by atoms with Gasteiger partial charge >= 0.3 is 5.91 Å². The first-order valence-electron chi connectivity index (χ1n) is 5.67. The molecule has 0 radical (unpaired) electrons. The summed E-state index contributed by atoms with van der Waals surface area (Å²) in [7, 11) is 0. The molecule has 0 atom stereocenters. The van der Waals surface area contributed by atoms with E-state index in [2.05, 4.69) is 25.9 Å². The normalized spacial score (nSPS) is 10.2. The van der Waals surface area contributed by atoms with Crippen molar-refractivity contribution in [3.05, 3.63) is 57.6 Å². The zero-order valence-corrected chi connectivity index (χ0v) is 12.1. The van der Waals surface area contributed by atoms with E-state index >= 15 is 0 Å². The van der Waals surface area contributed by atoms with Crippen LogP contribution in [0.2, 0.25) is 0 Å². The van der Waals surface area contributed by atoms with Crippen LogP contribution in [0.15, 0.2) is 35.1 Å². The Hall–Kier alpha value is -2.12. The highest BCUT2D eigenvalue weighted by Crippen LogP contribution is 2.21. The summed E-state index contributed by atoms with van der Waals surface area (Å²) in [5.74, 6) is 4.08. The molecule has 3 N–H and O–H groups in total. The van der Waals surface area contributed by atoms with Gasteiger partial charge in [0.1, 0.15) is 0 Å². The fourth-order valence-corrected chi connectivity index (χ4v) is 2.00. The van der Waals surface area contributed by atoms with E-state index in [9.17, 15) is 9.59 Å². The van der Waals surface area contributed by atoms with Crippen LogP contribution in [0.5, 0.6) is 0 Å². The number of nitrogens with two attached hydrogens (primary N) is 1. The predicted molar refractivity (Wildman–Crippen MR) is 76.0 cm³/mol. The summed E-state index contributed by atoms with van der Waals surface area (Å²) >= 11 is 3.38. The second-order valence-electron chi connectivity index (χ2n) is 4.01. The molecule has 0 spiro atoms. The Bertz CT molecular complexity index is 671. The molecule has 102 valence electrons. The number of nitrogens with one attached hydrogen (secondary N) is 1. The molecule has 7 heteroatoms. The lowest BCUT2D eigenvalue weighted by Gasteiger charge is -2.06. The van der Waals surface area contributed by atoms with E-state index in [1.165, 1.54) is 12.4 Å². The van der Waals surface area contributed by atoms with Crippen molar-refractivity contribution in [2.75, 3.05) is 0 Å². The molecule has 2 rings (SSSR count). The van der Waals surface area contributed by atoms with Crippen molar-refractivity contribution in [3.8, 4) is 0 Å². The van der Waals surface area contributed by atoms with Gasteiger partial charge in [0.2, 0.25) is 5.82 Å². The topological polar surface area (TPSA) is 98.0 Å². The van der Waals surface area contributed by atoms with Crippen LogP contribution in [0.1, 0.15) is 32.1 Å². The Morgan fingerprint density at radius 3 is 2.50 bits per heavy atom. The van der Waals surface area contributed by atoms with Crippen molar-refractivity contribution in [2.24, 2.45) is 5.84 Å². The van der Waals surface area contributed by atoms with E-state index < -0.39 is 5.91 Å². The highest BCUT2D eigenvalue weighted by Gasteiger charge is 2.15. The first kappa shape index (κ1) is 14.3. The Morgan fingerprint density at radius 1 is 1.25 bits per heavy atom. The van der Waals surface area contributed by atoms with Gasteiger partial charge in [0.25, 0.3) is 0 Å². The number of nitrogens with zero attached hydrogens (tertiary/aromatic N) is 2. The van der Waals surface area contributed by atoms with Crippen LogP contribution in [0.3, 0.4) is 0 Å². The van der Waals surface area contributed by atoms with Crippen LogP contribution < -0.4 is 11.3 Å². The maximum Gasteiger partial charge on any atom is 0.302 e. The van der Waals surface area contributed by atoms with Gasteiger partial charge in [-0.05, 0) is 18.6 Å². The van der Waals surface area contributed by atoms with E-state index in [-0.39, 0.29) is 11.6 Å². The molecular weight excluding hydrogens is 324 g/mol. The van der Waals surface area contributed by atoms with Gasteiger partial charge in [-0.2, -0.15) is 0 Å². The number of benzene rings is 1. The molecule has 0 aliphatic heterocycles. The van der Waals surface area contributed by atoms with Crippen LogP contribution in [0.4, 0.5) is 0 Å². The van der Waals surface area contributed by atoms with Gasteiger partial charge in [-0.25, -0.2) is 15.8 Å². The third-order valence-corrected chi connectivity index (χ3v) is 3.62. The molecule has 1 aromatic heterocycles. The summed E-state index contributed by atoms with van der Waals surface area (Å²) in [6.45, 7) is 1.84. The smallest absolute Gasteiger partial charge is 0.288 e. The molecule has 0 fully saturated rings. The van der Waals surface area contributed by atoms with Crippen LogP contribution in [0, 0.1) is 6.92 Å². The molecule has 1 amide bonds. The summed E-state index contributed by atoms with van der Waals surface area (Å²) in [6, 6.07) is 5.36. The number of nitrogen functional groups attached to an aromatic ring is 1. The molecule has 0 bridgehead atoms. The molecule has 2 aromatic rings. The number of hydrogen-bond donors (Lipinski definition) is 2. The van der Waals surface area contributed by atoms with Gasteiger partial charge in [0, 0.05) is 22.4 Å². The van der Waals surface area contributed by atoms with Crippen molar-refractivity contribution >= 4 is 27.6 Å². The Kier molecular flexibility index (Phi) is 4.21. The minimum atomic E-state index is -0.609. The molecule has 0 unspecified atom stereocenters. The van der Waals surface area contributed by atoms with Crippen LogP contribution in [-0.2, 0) is 0 Å². The minimum absolute atomic E-state index is 0.0879.